The van der Waals surface area contributed by atoms with E-state index >= 15 is 0 Å². The lowest BCUT2D eigenvalue weighted by Crippen LogP contribution is -2.48. The SMILES string of the molecule is CC1=C(C(=O)NCCCN2CCOCC2)C2(CCN(Cc3ccccc3)CC2)OC1=O. The number of nitrogens with one attached hydrogen (secondary N) is 1. The first kappa shape index (κ1) is 22.0. The van der Waals surface area contributed by atoms with Crippen LogP contribution in [0.3, 0.4) is 0 Å². The number of ether oxygens (including phenoxy) is 2. The van der Waals surface area contributed by atoms with Gasteiger partial charge in [-0.3, -0.25) is 14.6 Å². The number of hydrogen-bond donors (Lipinski definition) is 1. The Labute approximate surface area is 184 Å². The second kappa shape index (κ2) is 9.94. The number of nitrogens with zero attached hydrogens (tertiary/aromatic N) is 2. The summed E-state index contributed by atoms with van der Waals surface area (Å²) in [5.41, 5.74) is 1.50. The molecule has 1 aromatic rings. The molecule has 4 rings (SSSR count). The summed E-state index contributed by atoms with van der Waals surface area (Å²) in [6.07, 6.45) is 2.18. The van der Waals surface area contributed by atoms with Crippen LogP contribution in [0.25, 0.3) is 0 Å². The molecule has 0 radical (unpaired) electrons. The third kappa shape index (κ3) is 5.17. The van der Waals surface area contributed by atoms with Crippen molar-refractivity contribution in [1.82, 2.24) is 15.1 Å². The number of benzene rings is 1. The number of morpholine rings is 1. The molecule has 1 spiro atoms. The zero-order valence-electron chi connectivity index (χ0n) is 18.4. The average Bonchev–Trinajstić information content (AvgIpc) is 3.04. The summed E-state index contributed by atoms with van der Waals surface area (Å²) >= 11 is 0. The molecule has 0 bridgehead atoms. The molecule has 0 saturated carbocycles. The van der Waals surface area contributed by atoms with Crippen molar-refractivity contribution in [3.05, 3.63) is 47.0 Å². The Morgan fingerprint density at radius 2 is 1.77 bits per heavy atom. The van der Waals surface area contributed by atoms with E-state index in [9.17, 15) is 9.59 Å². The topological polar surface area (TPSA) is 71.1 Å². The van der Waals surface area contributed by atoms with Crippen LogP contribution in [-0.4, -0.2) is 79.8 Å². The molecule has 7 heteroatoms. The van der Waals surface area contributed by atoms with Gasteiger partial charge in [0.25, 0.3) is 5.91 Å². The van der Waals surface area contributed by atoms with Gasteiger partial charge in [-0.1, -0.05) is 30.3 Å². The van der Waals surface area contributed by atoms with Crippen LogP contribution in [0.4, 0.5) is 0 Å². The van der Waals surface area contributed by atoms with Gasteiger partial charge in [0, 0.05) is 57.7 Å². The molecule has 7 nitrogen and oxygen atoms in total. The van der Waals surface area contributed by atoms with Gasteiger partial charge in [0.2, 0.25) is 0 Å². The van der Waals surface area contributed by atoms with Gasteiger partial charge in [0.1, 0.15) is 5.60 Å². The number of carbonyl (C=O) groups excluding carboxylic acids is 2. The van der Waals surface area contributed by atoms with E-state index in [4.69, 9.17) is 9.47 Å². The Kier molecular flexibility index (Phi) is 7.05. The molecule has 0 atom stereocenters. The Morgan fingerprint density at radius 3 is 2.48 bits per heavy atom. The van der Waals surface area contributed by atoms with E-state index in [1.807, 2.05) is 18.2 Å². The van der Waals surface area contributed by atoms with Crippen molar-refractivity contribution in [2.45, 2.75) is 38.3 Å². The maximum atomic E-state index is 13.0. The van der Waals surface area contributed by atoms with Gasteiger partial charge in [0.15, 0.2) is 0 Å². The predicted molar refractivity (Wildman–Crippen MR) is 117 cm³/mol. The van der Waals surface area contributed by atoms with E-state index in [2.05, 4.69) is 27.2 Å². The van der Waals surface area contributed by atoms with Crippen LogP contribution < -0.4 is 5.32 Å². The van der Waals surface area contributed by atoms with Crippen molar-refractivity contribution in [2.75, 3.05) is 52.5 Å². The zero-order valence-corrected chi connectivity index (χ0v) is 18.4. The van der Waals surface area contributed by atoms with Gasteiger partial charge in [0.05, 0.1) is 18.8 Å². The summed E-state index contributed by atoms with van der Waals surface area (Å²) in [5, 5.41) is 3.04. The minimum Gasteiger partial charge on any atom is -0.450 e. The third-order valence-electron chi connectivity index (χ3n) is 6.61. The van der Waals surface area contributed by atoms with Gasteiger partial charge in [-0.2, -0.15) is 0 Å². The maximum absolute atomic E-state index is 13.0. The van der Waals surface area contributed by atoms with Crippen LogP contribution in [0.1, 0.15) is 31.7 Å². The minimum atomic E-state index is -0.775. The Bertz CT molecular complexity index is 809. The first-order valence-electron chi connectivity index (χ1n) is 11.4. The van der Waals surface area contributed by atoms with Crippen LogP contribution in [0.5, 0.6) is 0 Å². The van der Waals surface area contributed by atoms with Crippen molar-refractivity contribution < 1.29 is 19.1 Å². The molecule has 1 N–H and O–H groups in total. The van der Waals surface area contributed by atoms with Crippen molar-refractivity contribution in [1.29, 1.82) is 0 Å². The van der Waals surface area contributed by atoms with E-state index in [0.717, 1.165) is 58.9 Å². The molecular formula is C24H33N3O4. The fourth-order valence-corrected chi connectivity index (χ4v) is 4.81. The smallest absolute Gasteiger partial charge is 0.335 e. The van der Waals surface area contributed by atoms with Gasteiger partial charge < -0.3 is 14.8 Å². The van der Waals surface area contributed by atoms with Crippen LogP contribution in [0.2, 0.25) is 0 Å². The number of hydrogen-bond acceptors (Lipinski definition) is 6. The number of amides is 1. The quantitative estimate of drug-likeness (QED) is 0.528. The predicted octanol–water partition coefficient (Wildman–Crippen LogP) is 1.73. The highest BCUT2D eigenvalue weighted by Crippen LogP contribution is 2.41. The number of rotatable bonds is 7. The second-order valence-electron chi connectivity index (χ2n) is 8.71. The normalized spacial score (nSPS) is 22.0. The highest BCUT2D eigenvalue weighted by Gasteiger charge is 2.50. The number of likely N-dealkylation sites (tertiary alicyclic amines) is 1. The molecule has 3 aliphatic heterocycles. The third-order valence-corrected chi connectivity index (χ3v) is 6.61. The number of carbonyl (C=O) groups is 2. The fraction of sp³-hybridized carbons (Fsp3) is 0.583. The molecule has 2 saturated heterocycles. The van der Waals surface area contributed by atoms with Crippen molar-refractivity contribution >= 4 is 11.9 Å². The molecule has 3 aliphatic rings. The highest BCUT2D eigenvalue weighted by molar-refractivity contribution is 6.07. The highest BCUT2D eigenvalue weighted by atomic mass is 16.6. The van der Waals surface area contributed by atoms with Crippen LogP contribution >= 0.6 is 0 Å². The molecule has 3 heterocycles. The molecule has 168 valence electrons. The largest absolute Gasteiger partial charge is 0.450 e. The van der Waals surface area contributed by atoms with E-state index in [-0.39, 0.29) is 11.9 Å². The van der Waals surface area contributed by atoms with Crippen LogP contribution in [-0.2, 0) is 25.6 Å². The second-order valence-corrected chi connectivity index (χ2v) is 8.71. The summed E-state index contributed by atoms with van der Waals surface area (Å²) in [4.78, 5) is 30.1. The Balaban J connectivity index is 1.31. The fourth-order valence-electron chi connectivity index (χ4n) is 4.81. The lowest BCUT2D eigenvalue weighted by molar-refractivity contribution is -0.151. The van der Waals surface area contributed by atoms with Crippen LogP contribution in [0.15, 0.2) is 41.5 Å². The molecule has 1 amide bonds. The average molecular weight is 428 g/mol. The summed E-state index contributed by atoms with van der Waals surface area (Å²) in [7, 11) is 0. The van der Waals surface area contributed by atoms with Crippen molar-refractivity contribution in [2.24, 2.45) is 0 Å². The molecule has 0 aliphatic carbocycles. The van der Waals surface area contributed by atoms with Gasteiger partial charge in [-0.15, -0.1) is 0 Å². The first-order chi connectivity index (χ1) is 15.1. The van der Waals surface area contributed by atoms with E-state index < -0.39 is 5.60 Å². The maximum Gasteiger partial charge on any atom is 0.335 e. The standard InChI is InChI=1S/C24H33N3O4/c1-19-21(22(28)25-10-5-11-26-14-16-30-17-15-26)24(31-23(19)29)8-12-27(13-9-24)18-20-6-3-2-4-7-20/h2-4,6-7H,5,8-18H2,1H3,(H,25,28). The molecular weight excluding hydrogens is 394 g/mol. The molecule has 2 fully saturated rings. The van der Waals surface area contributed by atoms with E-state index in [1.165, 1.54) is 5.56 Å². The summed E-state index contributed by atoms with van der Waals surface area (Å²) < 4.78 is 11.2. The zero-order chi connectivity index (χ0) is 21.7. The number of piperidine rings is 1. The summed E-state index contributed by atoms with van der Waals surface area (Å²) in [5.74, 6) is -0.503. The summed E-state index contributed by atoms with van der Waals surface area (Å²) in [6.45, 7) is 9.17. The van der Waals surface area contributed by atoms with Gasteiger partial charge >= 0.3 is 5.97 Å². The molecule has 0 unspecified atom stereocenters. The summed E-state index contributed by atoms with van der Waals surface area (Å²) in [6, 6.07) is 10.4. The molecule has 1 aromatic carbocycles. The first-order valence-corrected chi connectivity index (χ1v) is 11.4. The van der Waals surface area contributed by atoms with Gasteiger partial charge in [-0.25, -0.2) is 4.79 Å². The number of esters is 1. The molecule has 31 heavy (non-hydrogen) atoms. The van der Waals surface area contributed by atoms with E-state index in [0.29, 0.717) is 30.5 Å². The van der Waals surface area contributed by atoms with Crippen molar-refractivity contribution in [3.8, 4) is 0 Å². The lowest BCUT2D eigenvalue weighted by atomic mass is 9.82. The lowest BCUT2D eigenvalue weighted by Gasteiger charge is -2.39. The van der Waals surface area contributed by atoms with Crippen LogP contribution in [0, 0.1) is 0 Å². The van der Waals surface area contributed by atoms with E-state index in [1.54, 1.807) is 6.92 Å². The van der Waals surface area contributed by atoms with Crippen molar-refractivity contribution in [3.63, 3.8) is 0 Å². The minimum absolute atomic E-state index is 0.151. The monoisotopic (exact) mass is 427 g/mol. The molecule has 0 aromatic heterocycles. The Morgan fingerprint density at radius 1 is 1.06 bits per heavy atom. The van der Waals surface area contributed by atoms with Gasteiger partial charge in [-0.05, 0) is 25.5 Å². The Hall–Kier alpha value is -2.22.